The van der Waals surface area contributed by atoms with E-state index >= 15 is 0 Å². The third kappa shape index (κ3) is 6.76. The largest absolute Gasteiger partial charge is 0.495 e. The van der Waals surface area contributed by atoms with E-state index in [0.29, 0.717) is 40.9 Å². The zero-order valence-corrected chi connectivity index (χ0v) is 20.1. The van der Waals surface area contributed by atoms with Crippen molar-refractivity contribution in [1.29, 1.82) is 5.26 Å². The van der Waals surface area contributed by atoms with Gasteiger partial charge in [-0.2, -0.15) is 18.4 Å². The molecular weight excluding hydrogens is 494 g/mol. The van der Waals surface area contributed by atoms with Crippen LogP contribution in [0.3, 0.4) is 0 Å². The molecular formula is C22H21F4N3OS3. The van der Waals surface area contributed by atoms with E-state index in [1.54, 1.807) is 6.07 Å². The van der Waals surface area contributed by atoms with Crippen LogP contribution in [0.25, 0.3) is 0 Å². The van der Waals surface area contributed by atoms with Gasteiger partial charge >= 0.3 is 6.18 Å². The first kappa shape index (κ1) is 25.6. The number of hydrogen-bond donors (Lipinski definition) is 1. The highest BCUT2D eigenvalue weighted by Gasteiger charge is 2.32. The van der Waals surface area contributed by atoms with Crippen LogP contribution in [0.4, 0.5) is 23.2 Å². The molecule has 2 fully saturated rings. The van der Waals surface area contributed by atoms with Crippen molar-refractivity contribution in [2.24, 2.45) is 0 Å². The lowest BCUT2D eigenvalue weighted by Gasteiger charge is -2.22. The molecule has 11 heteroatoms. The van der Waals surface area contributed by atoms with Gasteiger partial charge in [-0.15, -0.1) is 23.5 Å². The summed E-state index contributed by atoms with van der Waals surface area (Å²) in [5, 5.41) is 13.4. The van der Waals surface area contributed by atoms with Gasteiger partial charge in [0.25, 0.3) is 0 Å². The van der Waals surface area contributed by atoms with Crippen LogP contribution in [0, 0.1) is 17.1 Å². The predicted molar refractivity (Wildman–Crippen MR) is 128 cm³/mol. The van der Waals surface area contributed by atoms with Crippen LogP contribution in [0.1, 0.15) is 5.56 Å². The first-order valence-electron chi connectivity index (χ1n) is 9.86. The van der Waals surface area contributed by atoms with Gasteiger partial charge in [0.2, 0.25) is 0 Å². The Morgan fingerprint density at radius 3 is 2.61 bits per heavy atom. The van der Waals surface area contributed by atoms with E-state index in [1.165, 1.54) is 37.0 Å². The normalized spacial score (nSPS) is 17.3. The Hall–Kier alpha value is -2.00. The molecule has 2 heterocycles. The molecule has 0 spiro atoms. The molecule has 176 valence electrons. The second-order valence-corrected chi connectivity index (χ2v) is 9.96. The van der Waals surface area contributed by atoms with E-state index in [-0.39, 0.29) is 9.80 Å². The molecule has 33 heavy (non-hydrogen) atoms. The third-order valence-corrected chi connectivity index (χ3v) is 7.70. The van der Waals surface area contributed by atoms with Crippen LogP contribution in [-0.2, 0) is 6.18 Å². The number of methoxy groups -OCH3 is 1. The summed E-state index contributed by atoms with van der Waals surface area (Å²) >= 11 is 4.05. The van der Waals surface area contributed by atoms with Crippen molar-refractivity contribution in [3.63, 3.8) is 0 Å². The predicted octanol–water partition coefficient (Wildman–Crippen LogP) is 6.17. The molecule has 2 saturated heterocycles. The van der Waals surface area contributed by atoms with Gasteiger partial charge in [-0.1, -0.05) is 23.9 Å². The summed E-state index contributed by atoms with van der Waals surface area (Å²) in [5.41, 5.74) is -0.220. The molecule has 0 bridgehead atoms. The molecule has 0 saturated carbocycles. The number of anilines is 1. The van der Waals surface area contributed by atoms with E-state index in [9.17, 15) is 22.8 Å². The highest BCUT2D eigenvalue weighted by Crippen LogP contribution is 2.44. The number of ether oxygens (including phenoxy) is 1. The van der Waals surface area contributed by atoms with Crippen molar-refractivity contribution < 1.29 is 22.3 Å². The Morgan fingerprint density at radius 2 is 2.00 bits per heavy atom. The minimum atomic E-state index is -4.59. The Bertz CT molecular complexity index is 1030. The van der Waals surface area contributed by atoms with Crippen molar-refractivity contribution >= 4 is 41.0 Å². The fourth-order valence-corrected chi connectivity index (χ4v) is 5.85. The fraction of sp³-hybridized carbons (Fsp3) is 0.318. The average Bonchev–Trinajstić information content (AvgIpc) is 3.53. The number of nitriles is 1. The summed E-state index contributed by atoms with van der Waals surface area (Å²) in [7, 11) is 1.53. The molecule has 0 aliphatic carbocycles. The van der Waals surface area contributed by atoms with Crippen LogP contribution >= 0.6 is 35.3 Å². The van der Waals surface area contributed by atoms with Gasteiger partial charge in [-0.25, -0.2) is 4.39 Å². The average molecular weight is 516 g/mol. The zero-order valence-electron chi connectivity index (χ0n) is 17.6. The second-order valence-electron chi connectivity index (χ2n) is 6.72. The van der Waals surface area contributed by atoms with Crippen molar-refractivity contribution in [3.05, 3.63) is 63.8 Å². The van der Waals surface area contributed by atoms with Crippen molar-refractivity contribution in [1.82, 2.24) is 5.32 Å². The topological polar surface area (TPSA) is 48.3 Å². The van der Waals surface area contributed by atoms with Gasteiger partial charge < -0.3 is 15.0 Å². The number of rotatable bonds is 4. The third-order valence-electron chi connectivity index (χ3n) is 4.57. The number of halogens is 4. The second kappa shape index (κ2) is 11.9. The monoisotopic (exact) mass is 515 g/mol. The maximum absolute atomic E-state index is 14.1. The molecule has 0 radical (unpaired) electrons. The van der Waals surface area contributed by atoms with Gasteiger partial charge in [0, 0.05) is 35.4 Å². The standard InChI is InChI=1S/C19H14F4N2OS2.C3H7NS/c1-26-15-5-3-2-4-14(15)25-8-9-27-18(25)17(11-24)28-16-10-12(19(21,22)23)6-7-13(16)20;1-2-5-3-4-1/h2-7,10H,8-9H2,1H3;4H,1-3H2/b18-17-;. The molecule has 1 N–H and O–H groups in total. The molecule has 4 rings (SSSR count). The number of nitrogens with zero attached hydrogens (tertiary/aromatic N) is 2. The lowest BCUT2D eigenvalue weighted by molar-refractivity contribution is -0.137. The SMILES string of the molecule is C1CSCN1.COc1ccccc1N1CCS/C1=C(/C#N)Sc1cc(C(F)(F)F)ccc1F. The fourth-order valence-electron chi connectivity index (χ4n) is 3.03. The Labute approximate surface area is 202 Å². The van der Waals surface area contributed by atoms with Gasteiger partial charge in [-0.3, -0.25) is 0 Å². The number of benzene rings is 2. The van der Waals surface area contributed by atoms with Crippen LogP contribution in [0.15, 0.2) is 57.3 Å². The molecule has 4 nitrogen and oxygen atoms in total. The Kier molecular flexibility index (Phi) is 9.26. The number of thioether (sulfide) groups is 3. The van der Waals surface area contributed by atoms with Crippen LogP contribution < -0.4 is 15.0 Å². The van der Waals surface area contributed by atoms with Gasteiger partial charge in [-0.05, 0) is 30.3 Å². The van der Waals surface area contributed by atoms with E-state index in [4.69, 9.17) is 4.74 Å². The molecule has 0 amide bonds. The first-order valence-corrected chi connectivity index (χ1v) is 12.8. The number of alkyl halides is 3. The van der Waals surface area contributed by atoms with Gasteiger partial charge in [0.1, 0.15) is 27.6 Å². The molecule has 0 unspecified atom stereocenters. The van der Waals surface area contributed by atoms with E-state index < -0.39 is 17.6 Å². The maximum atomic E-state index is 14.1. The van der Waals surface area contributed by atoms with Gasteiger partial charge in [0.05, 0.1) is 18.4 Å². The van der Waals surface area contributed by atoms with E-state index in [1.807, 2.05) is 40.9 Å². The highest BCUT2D eigenvalue weighted by molar-refractivity contribution is 8.07. The summed E-state index contributed by atoms with van der Waals surface area (Å²) in [6, 6.07) is 11.4. The number of allylic oxidation sites excluding steroid dienone is 1. The van der Waals surface area contributed by atoms with Gasteiger partial charge in [0.15, 0.2) is 0 Å². The summed E-state index contributed by atoms with van der Waals surface area (Å²) in [4.78, 5) is 1.75. The lowest BCUT2D eigenvalue weighted by atomic mass is 10.2. The van der Waals surface area contributed by atoms with Crippen LogP contribution in [-0.4, -0.2) is 37.6 Å². The summed E-state index contributed by atoms with van der Waals surface area (Å²) in [6.07, 6.45) is -4.59. The zero-order chi connectivity index (χ0) is 23.8. The summed E-state index contributed by atoms with van der Waals surface area (Å²) in [5.74, 6) is 2.96. The number of para-hydroxylation sites is 2. The number of hydrogen-bond acceptors (Lipinski definition) is 7. The first-order chi connectivity index (χ1) is 15.8. The molecule has 2 aromatic rings. The van der Waals surface area contributed by atoms with E-state index in [0.717, 1.165) is 17.8 Å². The van der Waals surface area contributed by atoms with Crippen molar-refractivity contribution in [2.45, 2.75) is 11.1 Å². The van der Waals surface area contributed by atoms with Crippen LogP contribution in [0.5, 0.6) is 5.75 Å². The Morgan fingerprint density at radius 1 is 1.21 bits per heavy atom. The van der Waals surface area contributed by atoms with Crippen LogP contribution in [0.2, 0.25) is 0 Å². The number of nitrogens with one attached hydrogen (secondary N) is 1. The smallest absolute Gasteiger partial charge is 0.416 e. The summed E-state index contributed by atoms with van der Waals surface area (Å²) in [6.45, 7) is 1.81. The molecule has 2 aliphatic rings. The lowest BCUT2D eigenvalue weighted by Crippen LogP contribution is -2.18. The Balaban J connectivity index is 0.000000541. The maximum Gasteiger partial charge on any atom is 0.416 e. The quantitative estimate of drug-likeness (QED) is 0.297. The highest BCUT2D eigenvalue weighted by atomic mass is 32.2. The minimum Gasteiger partial charge on any atom is -0.495 e. The minimum absolute atomic E-state index is 0.131. The molecule has 2 aliphatic heterocycles. The van der Waals surface area contributed by atoms with E-state index in [2.05, 4.69) is 5.32 Å². The van der Waals surface area contributed by atoms with Crippen molar-refractivity contribution in [2.75, 3.05) is 42.5 Å². The molecule has 0 aromatic heterocycles. The summed E-state index contributed by atoms with van der Waals surface area (Å²) < 4.78 is 58.3. The molecule has 2 aromatic carbocycles. The van der Waals surface area contributed by atoms with Crippen molar-refractivity contribution in [3.8, 4) is 11.8 Å². The molecule has 0 atom stereocenters.